The molecule has 0 bridgehead atoms. The Morgan fingerprint density at radius 2 is 2.08 bits per heavy atom. The second-order valence-corrected chi connectivity index (χ2v) is 6.03. The first kappa shape index (κ1) is 16.9. The first-order valence-electron chi connectivity index (χ1n) is 7.26. The Morgan fingerprint density at radius 3 is 2.80 bits per heavy atom. The summed E-state index contributed by atoms with van der Waals surface area (Å²) in [5.41, 5.74) is 0.997. The Kier molecular flexibility index (Phi) is 4.91. The Bertz CT molecular complexity index is 1010. The third kappa shape index (κ3) is 3.92. The molecule has 5 nitrogen and oxygen atoms in total. The van der Waals surface area contributed by atoms with Crippen LogP contribution >= 0.6 is 15.9 Å². The van der Waals surface area contributed by atoms with Crippen molar-refractivity contribution in [3.05, 3.63) is 86.0 Å². The zero-order chi connectivity index (χ0) is 17.8. The third-order valence-electron chi connectivity index (χ3n) is 3.42. The van der Waals surface area contributed by atoms with Crippen molar-refractivity contribution in [3.63, 3.8) is 0 Å². The maximum absolute atomic E-state index is 14.8. The molecular weight excluding hydrogens is 389 g/mol. The van der Waals surface area contributed by atoms with E-state index in [9.17, 15) is 9.18 Å². The molecule has 0 aliphatic heterocycles. The SMILES string of the molecule is N#Cc1cccc(Oc2c(Br)ccc(Cc3ccc(=O)[nH]n3)c2F)c1. The Morgan fingerprint density at radius 1 is 1.24 bits per heavy atom. The van der Waals surface area contributed by atoms with Gasteiger partial charge >= 0.3 is 0 Å². The Balaban J connectivity index is 1.93. The van der Waals surface area contributed by atoms with Crippen LogP contribution in [0, 0.1) is 17.1 Å². The fourth-order valence-corrected chi connectivity index (χ4v) is 2.60. The van der Waals surface area contributed by atoms with Gasteiger partial charge in [-0.3, -0.25) is 4.79 Å². The number of aromatic amines is 1. The molecule has 0 saturated heterocycles. The van der Waals surface area contributed by atoms with E-state index in [2.05, 4.69) is 26.1 Å². The number of halogens is 2. The molecule has 0 fully saturated rings. The summed E-state index contributed by atoms with van der Waals surface area (Å²) in [5, 5.41) is 15.1. The summed E-state index contributed by atoms with van der Waals surface area (Å²) in [6.45, 7) is 0. The average molecular weight is 400 g/mol. The smallest absolute Gasteiger partial charge is 0.264 e. The van der Waals surface area contributed by atoms with Crippen molar-refractivity contribution in [2.75, 3.05) is 0 Å². The quantitative estimate of drug-likeness (QED) is 0.720. The maximum Gasteiger partial charge on any atom is 0.264 e. The molecule has 0 aliphatic rings. The fourth-order valence-electron chi connectivity index (χ4n) is 2.22. The minimum absolute atomic E-state index is 0.0250. The van der Waals surface area contributed by atoms with Crippen molar-refractivity contribution >= 4 is 15.9 Å². The fraction of sp³-hybridized carbons (Fsp3) is 0.0556. The predicted octanol–water partition coefficient (Wildman–Crippen LogP) is 3.93. The van der Waals surface area contributed by atoms with Gasteiger partial charge in [0.2, 0.25) is 0 Å². The van der Waals surface area contributed by atoms with Gasteiger partial charge in [0.05, 0.1) is 21.8 Å². The molecule has 0 spiro atoms. The van der Waals surface area contributed by atoms with Gasteiger partial charge in [0.15, 0.2) is 11.6 Å². The van der Waals surface area contributed by atoms with E-state index in [1.54, 1.807) is 30.3 Å². The van der Waals surface area contributed by atoms with Gasteiger partial charge in [-0.15, -0.1) is 0 Å². The highest BCUT2D eigenvalue weighted by Crippen LogP contribution is 2.35. The van der Waals surface area contributed by atoms with E-state index < -0.39 is 5.82 Å². The lowest BCUT2D eigenvalue weighted by atomic mass is 10.1. The van der Waals surface area contributed by atoms with Gasteiger partial charge in [-0.1, -0.05) is 12.1 Å². The lowest BCUT2D eigenvalue weighted by Crippen LogP contribution is -2.08. The van der Waals surface area contributed by atoms with Crippen LogP contribution in [0.2, 0.25) is 0 Å². The first-order valence-corrected chi connectivity index (χ1v) is 8.05. The number of rotatable bonds is 4. The van der Waals surface area contributed by atoms with Crippen molar-refractivity contribution in [3.8, 4) is 17.6 Å². The minimum atomic E-state index is -0.537. The Hall–Kier alpha value is -2.98. The van der Waals surface area contributed by atoms with E-state index in [-0.39, 0.29) is 17.7 Å². The van der Waals surface area contributed by atoms with Crippen molar-refractivity contribution in [1.82, 2.24) is 10.2 Å². The molecule has 0 radical (unpaired) electrons. The van der Waals surface area contributed by atoms with Gasteiger partial charge in [0.1, 0.15) is 5.75 Å². The summed E-state index contributed by atoms with van der Waals surface area (Å²) in [6.07, 6.45) is 0.199. The normalized spacial score (nSPS) is 10.3. The van der Waals surface area contributed by atoms with E-state index in [4.69, 9.17) is 10.00 Å². The number of nitrogens with zero attached hydrogens (tertiary/aromatic N) is 2. The molecule has 0 aliphatic carbocycles. The molecule has 25 heavy (non-hydrogen) atoms. The van der Waals surface area contributed by atoms with Gasteiger partial charge in [0, 0.05) is 12.5 Å². The lowest BCUT2D eigenvalue weighted by Gasteiger charge is -2.12. The molecule has 0 amide bonds. The number of nitriles is 1. The molecule has 1 aromatic heterocycles. The number of aromatic nitrogens is 2. The highest BCUT2D eigenvalue weighted by molar-refractivity contribution is 9.10. The largest absolute Gasteiger partial charge is 0.453 e. The van der Waals surface area contributed by atoms with E-state index in [1.807, 2.05) is 6.07 Å². The molecule has 0 atom stereocenters. The number of benzene rings is 2. The average Bonchev–Trinajstić information content (AvgIpc) is 2.63. The van der Waals surface area contributed by atoms with Crippen LogP contribution in [0.4, 0.5) is 4.39 Å². The van der Waals surface area contributed by atoms with Crippen LogP contribution in [-0.2, 0) is 6.42 Å². The zero-order valence-corrected chi connectivity index (χ0v) is 14.4. The molecule has 2 aromatic carbocycles. The topological polar surface area (TPSA) is 78.8 Å². The van der Waals surface area contributed by atoms with Crippen LogP contribution in [0.5, 0.6) is 11.5 Å². The lowest BCUT2D eigenvalue weighted by molar-refractivity contribution is 0.436. The van der Waals surface area contributed by atoms with Gasteiger partial charge in [0.25, 0.3) is 5.56 Å². The van der Waals surface area contributed by atoms with Crippen LogP contribution < -0.4 is 10.3 Å². The summed E-state index contributed by atoms with van der Waals surface area (Å²) in [7, 11) is 0. The molecular formula is C18H11BrFN3O2. The zero-order valence-electron chi connectivity index (χ0n) is 12.8. The molecule has 1 N–H and O–H groups in total. The predicted molar refractivity (Wildman–Crippen MR) is 93.0 cm³/mol. The van der Waals surface area contributed by atoms with Crippen LogP contribution in [0.3, 0.4) is 0 Å². The summed E-state index contributed by atoms with van der Waals surface area (Å²) < 4.78 is 20.9. The van der Waals surface area contributed by atoms with E-state index in [1.165, 1.54) is 18.2 Å². The van der Waals surface area contributed by atoms with Gasteiger partial charge in [-0.25, -0.2) is 9.49 Å². The molecule has 0 saturated carbocycles. The van der Waals surface area contributed by atoms with Crippen molar-refractivity contribution in [2.45, 2.75) is 6.42 Å². The number of nitrogens with one attached hydrogen (secondary N) is 1. The molecule has 124 valence electrons. The Labute approximate surface area is 150 Å². The van der Waals surface area contributed by atoms with Crippen molar-refractivity contribution in [2.24, 2.45) is 0 Å². The molecule has 7 heteroatoms. The van der Waals surface area contributed by atoms with Gasteiger partial charge in [-0.2, -0.15) is 10.4 Å². The van der Waals surface area contributed by atoms with Crippen LogP contribution in [0.1, 0.15) is 16.8 Å². The summed E-state index contributed by atoms with van der Waals surface area (Å²) in [5.74, 6) is -0.153. The van der Waals surface area contributed by atoms with Crippen LogP contribution in [-0.4, -0.2) is 10.2 Å². The summed E-state index contributed by atoms with van der Waals surface area (Å²) in [6, 6.07) is 14.6. The monoisotopic (exact) mass is 399 g/mol. The van der Waals surface area contributed by atoms with E-state index in [0.717, 1.165) is 0 Å². The number of ether oxygens (including phenoxy) is 1. The molecule has 1 heterocycles. The van der Waals surface area contributed by atoms with Gasteiger partial charge < -0.3 is 4.74 Å². The first-order chi connectivity index (χ1) is 12.1. The number of H-pyrrole nitrogens is 1. The van der Waals surface area contributed by atoms with Gasteiger partial charge in [-0.05, 0) is 51.8 Å². The van der Waals surface area contributed by atoms with E-state index in [0.29, 0.717) is 27.0 Å². The minimum Gasteiger partial charge on any atom is -0.453 e. The van der Waals surface area contributed by atoms with Crippen molar-refractivity contribution in [1.29, 1.82) is 5.26 Å². The molecule has 3 rings (SSSR count). The molecule has 0 unspecified atom stereocenters. The van der Waals surface area contributed by atoms with Crippen LogP contribution in [0.15, 0.2) is 57.8 Å². The highest BCUT2D eigenvalue weighted by Gasteiger charge is 2.15. The maximum atomic E-state index is 14.8. The second-order valence-electron chi connectivity index (χ2n) is 5.18. The highest BCUT2D eigenvalue weighted by atomic mass is 79.9. The summed E-state index contributed by atoms with van der Waals surface area (Å²) in [4.78, 5) is 11.1. The summed E-state index contributed by atoms with van der Waals surface area (Å²) >= 11 is 3.28. The van der Waals surface area contributed by atoms with Crippen LogP contribution in [0.25, 0.3) is 0 Å². The van der Waals surface area contributed by atoms with Crippen molar-refractivity contribution < 1.29 is 9.13 Å². The molecule has 3 aromatic rings. The number of hydrogen-bond donors (Lipinski definition) is 1. The second kappa shape index (κ2) is 7.28. The van der Waals surface area contributed by atoms with E-state index >= 15 is 0 Å². The number of hydrogen-bond acceptors (Lipinski definition) is 4. The standard InChI is InChI=1S/C18H11BrFN3O2/c19-15-6-4-12(9-13-5-7-16(24)23-22-13)17(20)18(15)25-14-3-1-2-11(8-14)10-21/h1-8H,9H2,(H,23,24). The third-order valence-corrected chi connectivity index (χ3v) is 4.04.